The summed E-state index contributed by atoms with van der Waals surface area (Å²) in [5, 5.41) is 0.272. The molecule has 1 aliphatic heterocycles. The van der Waals surface area contributed by atoms with Crippen molar-refractivity contribution in [1.29, 1.82) is 0 Å². The molecule has 2 N–H and O–H groups in total. The van der Waals surface area contributed by atoms with E-state index in [9.17, 15) is 4.79 Å². The first-order chi connectivity index (χ1) is 14.1. The highest BCUT2D eigenvalue weighted by atomic mass is 32.2. The van der Waals surface area contributed by atoms with Gasteiger partial charge in [-0.05, 0) is 53.9 Å². The van der Waals surface area contributed by atoms with E-state index < -0.39 is 0 Å². The van der Waals surface area contributed by atoms with Crippen molar-refractivity contribution < 1.29 is 14.3 Å². The molecule has 0 fully saturated rings. The van der Waals surface area contributed by atoms with E-state index in [1.54, 1.807) is 6.08 Å². The second kappa shape index (κ2) is 10.2. The molecule has 1 unspecified atom stereocenters. The van der Waals surface area contributed by atoms with E-state index in [0.717, 1.165) is 29.9 Å². The molecule has 0 aromatic heterocycles. The van der Waals surface area contributed by atoms with Crippen LogP contribution in [0.1, 0.15) is 43.7 Å². The minimum atomic E-state index is -0.310. The molecule has 1 heterocycles. The number of aliphatic imine (C=N–C) groups is 1. The molecule has 1 aliphatic rings. The van der Waals surface area contributed by atoms with Gasteiger partial charge in [0.2, 0.25) is 0 Å². The zero-order valence-electron chi connectivity index (χ0n) is 16.8. The summed E-state index contributed by atoms with van der Waals surface area (Å²) >= 11 is 1.17. The lowest BCUT2D eigenvalue weighted by Crippen LogP contribution is -2.06. The van der Waals surface area contributed by atoms with Gasteiger partial charge in [0.25, 0.3) is 5.91 Å². The predicted molar refractivity (Wildman–Crippen MR) is 119 cm³/mol. The Balaban J connectivity index is 1.48. The number of thioether (sulfide) groups is 1. The van der Waals surface area contributed by atoms with Crippen LogP contribution in [0.4, 0.5) is 0 Å². The molecule has 2 aromatic rings. The molecule has 2 aromatic carbocycles. The number of amidine groups is 1. The van der Waals surface area contributed by atoms with Gasteiger partial charge in [0, 0.05) is 12.0 Å². The first-order valence-electron chi connectivity index (χ1n) is 9.79. The van der Waals surface area contributed by atoms with Crippen LogP contribution in [-0.2, 0) is 4.79 Å². The molecule has 0 bridgehead atoms. The van der Waals surface area contributed by atoms with Gasteiger partial charge >= 0.3 is 0 Å². The molecule has 0 spiro atoms. The van der Waals surface area contributed by atoms with Crippen LogP contribution >= 0.6 is 11.8 Å². The Morgan fingerprint density at radius 1 is 1.10 bits per heavy atom. The van der Waals surface area contributed by atoms with Gasteiger partial charge < -0.3 is 15.2 Å². The Kier molecular flexibility index (Phi) is 7.36. The summed E-state index contributed by atoms with van der Waals surface area (Å²) in [5.74, 6) is 1.84. The average molecular weight is 411 g/mol. The highest BCUT2D eigenvalue weighted by molar-refractivity contribution is 8.18. The zero-order chi connectivity index (χ0) is 20.6. The number of carbonyl (C=O) groups excluding carboxylic acids is 1. The van der Waals surface area contributed by atoms with Gasteiger partial charge in [-0.15, -0.1) is 0 Å². The summed E-state index contributed by atoms with van der Waals surface area (Å²) in [5.41, 5.74) is 7.77. The van der Waals surface area contributed by atoms with Crippen LogP contribution in [0.15, 0.2) is 58.4 Å². The number of carbonyl (C=O) groups is 1. The third-order valence-electron chi connectivity index (χ3n) is 4.72. The summed E-state index contributed by atoms with van der Waals surface area (Å²) < 4.78 is 11.7. The monoisotopic (exact) mass is 410 g/mol. The molecule has 3 rings (SSSR count). The molecule has 0 saturated carbocycles. The van der Waals surface area contributed by atoms with Crippen molar-refractivity contribution in [2.24, 2.45) is 10.7 Å². The van der Waals surface area contributed by atoms with E-state index in [4.69, 9.17) is 15.2 Å². The summed E-state index contributed by atoms with van der Waals surface area (Å²) in [6.45, 7) is 5.51. The fourth-order valence-corrected chi connectivity index (χ4v) is 3.53. The van der Waals surface area contributed by atoms with Crippen molar-refractivity contribution in [3.05, 3.63) is 64.6 Å². The van der Waals surface area contributed by atoms with Gasteiger partial charge in [0.05, 0.1) is 18.1 Å². The van der Waals surface area contributed by atoms with Gasteiger partial charge in [0.1, 0.15) is 11.5 Å². The average Bonchev–Trinajstić information content (AvgIpc) is 3.05. The van der Waals surface area contributed by atoms with Crippen LogP contribution in [0.25, 0.3) is 6.08 Å². The predicted octanol–water partition coefficient (Wildman–Crippen LogP) is 4.98. The minimum absolute atomic E-state index is 0.272. The van der Waals surface area contributed by atoms with Crippen LogP contribution in [0, 0.1) is 0 Å². The van der Waals surface area contributed by atoms with Crippen LogP contribution < -0.4 is 15.2 Å². The minimum Gasteiger partial charge on any atom is -0.493 e. The van der Waals surface area contributed by atoms with E-state index in [1.807, 2.05) is 36.4 Å². The van der Waals surface area contributed by atoms with Crippen LogP contribution in [0.5, 0.6) is 11.5 Å². The van der Waals surface area contributed by atoms with Crippen LogP contribution in [-0.4, -0.2) is 24.3 Å². The highest BCUT2D eigenvalue weighted by Crippen LogP contribution is 2.29. The number of para-hydroxylation sites is 1. The maximum absolute atomic E-state index is 11.8. The van der Waals surface area contributed by atoms with Gasteiger partial charge in [-0.3, -0.25) is 4.79 Å². The molecular formula is C23H26N2O3S. The third-order valence-corrected chi connectivity index (χ3v) is 5.53. The molecule has 0 saturated heterocycles. The van der Waals surface area contributed by atoms with Gasteiger partial charge in [0.15, 0.2) is 5.17 Å². The van der Waals surface area contributed by atoms with Crippen LogP contribution in [0.2, 0.25) is 0 Å². The van der Waals surface area contributed by atoms with E-state index in [-0.39, 0.29) is 11.1 Å². The number of hydrogen-bond donors (Lipinski definition) is 1. The number of benzene rings is 2. The highest BCUT2D eigenvalue weighted by Gasteiger charge is 2.20. The molecule has 0 aliphatic carbocycles. The molecule has 1 atom stereocenters. The van der Waals surface area contributed by atoms with Crippen molar-refractivity contribution in [2.45, 2.75) is 32.6 Å². The van der Waals surface area contributed by atoms with E-state index in [0.29, 0.717) is 24.0 Å². The number of hydrogen-bond acceptors (Lipinski definition) is 5. The number of nitrogens with zero attached hydrogens (tertiary/aromatic N) is 1. The summed E-state index contributed by atoms with van der Waals surface area (Å²) in [6.07, 6.45) is 3.64. The largest absolute Gasteiger partial charge is 0.493 e. The number of rotatable bonds is 9. The van der Waals surface area contributed by atoms with E-state index >= 15 is 0 Å². The molecular weight excluding hydrogens is 384 g/mol. The summed E-state index contributed by atoms with van der Waals surface area (Å²) in [4.78, 5) is 16.0. The summed E-state index contributed by atoms with van der Waals surface area (Å²) in [6, 6.07) is 15.9. The lowest BCUT2D eigenvalue weighted by atomic mass is 9.99. The van der Waals surface area contributed by atoms with Gasteiger partial charge in [-0.2, -0.15) is 4.99 Å². The van der Waals surface area contributed by atoms with Crippen molar-refractivity contribution in [1.82, 2.24) is 0 Å². The van der Waals surface area contributed by atoms with Crippen molar-refractivity contribution in [3.8, 4) is 11.5 Å². The Labute approximate surface area is 176 Å². The lowest BCUT2D eigenvalue weighted by molar-refractivity contribution is -0.113. The molecule has 5 nitrogen and oxygen atoms in total. The Hall–Kier alpha value is -2.73. The molecule has 0 radical (unpaired) electrons. The van der Waals surface area contributed by atoms with E-state index in [1.165, 1.54) is 17.3 Å². The Morgan fingerprint density at radius 2 is 1.83 bits per heavy atom. The molecule has 152 valence electrons. The Bertz CT molecular complexity index is 907. The first kappa shape index (κ1) is 21.0. The van der Waals surface area contributed by atoms with E-state index in [2.05, 4.69) is 31.0 Å². The lowest BCUT2D eigenvalue weighted by Gasteiger charge is -2.12. The fourth-order valence-electron chi connectivity index (χ4n) is 2.86. The van der Waals surface area contributed by atoms with Gasteiger partial charge in [-0.25, -0.2) is 0 Å². The molecule has 1 amide bonds. The zero-order valence-corrected chi connectivity index (χ0v) is 17.6. The maximum Gasteiger partial charge on any atom is 0.286 e. The van der Waals surface area contributed by atoms with Crippen molar-refractivity contribution >= 4 is 28.9 Å². The van der Waals surface area contributed by atoms with Gasteiger partial charge in [-0.1, -0.05) is 44.2 Å². The molecule has 29 heavy (non-hydrogen) atoms. The fraction of sp³-hybridized carbons (Fsp3) is 0.304. The molecule has 6 heteroatoms. The van der Waals surface area contributed by atoms with Crippen LogP contribution in [0.3, 0.4) is 0 Å². The second-order valence-electron chi connectivity index (χ2n) is 6.83. The third kappa shape index (κ3) is 5.87. The van der Waals surface area contributed by atoms with Crippen molar-refractivity contribution in [3.63, 3.8) is 0 Å². The first-order valence-corrected chi connectivity index (χ1v) is 10.6. The normalized spacial score (nSPS) is 16.0. The number of nitrogens with two attached hydrogens (primary N) is 1. The second-order valence-corrected chi connectivity index (χ2v) is 7.89. The summed E-state index contributed by atoms with van der Waals surface area (Å²) in [7, 11) is 0. The SMILES string of the molecule is CCC(C)c1ccc(OCCCOc2ccccc2/C=C2\SC(N)=NC2=O)cc1. The smallest absolute Gasteiger partial charge is 0.286 e. The van der Waals surface area contributed by atoms with Crippen molar-refractivity contribution in [2.75, 3.05) is 13.2 Å². The Morgan fingerprint density at radius 3 is 2.52 bits per heavy atom. The standard InChI is InChI=1S/C23H26N2O3S/c1-3-16(2)17-9-11-19(12-10-17)27-13-6-14-28-20-8-5-4-7-18(20)15-21-22(26)25-23(24)29-21/h4-5,7-12,15-16H,3,6,13-14H2,1-2H3,(H2,24,25,26)/b21-15-. The number of ether oxygens (including phenoxy) is 2. The topological polar surface area (TPSA) is 73.9 Å². The number of amides is 1. The maximum atomic E-state index is 11.8. The quantitative estimate of drug-likeness (QED) is 0.466.